The zero-order chi connectivity index (χ0) is 23.8. The maximum atomic E-state index is 12.7. The van der Waals surface area contributed by atoms with Crippen LogP contribution in [-0.4, -0.2) is 47.0 Å². The topological polar surface area (TPSA) is 96.4 Å². The van der Waals surface area contributed by atoms with Crippen molar-refractivity contribution in [3.63, 3.8) is 0 Å². The Morgan fingerprint density at radius 3 is 2.48 bits per heavy atom. The van der Waals surface area contributed by atoms with Gasteiger partial charge >= 0.3 is 6.18 Å². The van der Waals surface area contributed by atoms with Gasteiger partial charge in [-0.2, -0.15) is 13.2 Å². The van der Waals surface area contributed by atoms with Crippen LogP contribution in [0.1, 0.15) is 49.7 Å². The Hall–Kier alpha value is -2.88. The molecule has 180 valence electrons. The molecule has 1 aliphatic heterocycles. The van der Waals surface area contributed by atoms with Crippen LogP contribution in [0, 0.1) is 6.92 Å². The summed E-state index contributed by atoms with van der Waals surface area (Å²) in [4.78, 5) is 9.74. The summed E-state index contributed by atoms with van der Waals surface area (Å²) in [6.07, 6.45) is 2.44. The molecular weight excluding hydrogens is 437 g/mol. The number of aromatic nitrogens is 2. The molecule has 1 aromatic carbocycles. The Balaban J connectivity index is 0.000000323. The molecule has 1 aromatic heterocycles. The molecule has 10 heteroatoms. The molecule has 1 atom stereocenters. The third-order valence-corrected chi connectivity index (χ3v) is 5.76. The average Bonchev–Trinajstić information content (AvgIpc) is 3.28. The van der Waals surface area contributed by atoms with Gasteiger partial charge in [0.15, 0.2) is 0 Å². The molecule has 7 nitrogen and oxygen atoms in total. The molecule has 0 radical (unpaired) electrons. The second-order valence-electron chi connectivity index (χ2n) is 8.32. The molecule has 0 amide bonds. The Kier molecular flexibility index (Phi) is 8.49. The third kappa shape index (κ3) is 7.05. The largest absolute Gasteiger partial charge is 0.507 e. The van der Waals surface area contributed by atoms with Gasteiger partial charge in [0.05, 0.1) is 11.3 Å². The molecule has 1 saturated heterocycles. The maximum Gasteiger partial charge on any atom is 0.416 e. The summed E-state index contributed by atoms with van der Waals surface area (Å²) < 4.78 is 42.8. The van der Waals surface area contributed by atoms with Crippen molar-refractivity contribution in [2.75, 3.05) is 18.4 Å². The Bertz CT molecular complexity index is 928. The van der Waals surface area contributed by atoms with Crippen LogP contribution < -0.4 is 10.6 Å². The number of nitrogens with zero attached hydrogens (tertiary/aromatic N) is 2. The molecule has 2 aliphatic rings. The third-order valence-electron chi connectivity index (χ3n) is 5.76. The van der Waals surface area contributed by atoms with Gasteiger partial charge in [0, 0.05) is 18.2 Å². The van der Waals surface area contributed by atoms with E-state index in [1.165, 1.54) is 18.9 Å². The van der Waals surface area contributed by atoms with E-state index in [0.717, 1.165) is 50.4 Å². The lowest BCUT2D eigenvalue weighted by molar-refractivity contribution is -0.137. The number of anilines is 1. The van der Waals surface area contributed by atoms with Gasteiger partial charge in [-0.15, -0.1) is 10.2 Å². The first-order chi connectivity index (χ1) is 15.8. The molecule has 0 spiro atoms. The SMILES string of the molecule is Cc1cc(NC2CCCNC2)nnc1-c1ccc(C(F)(F)F)cc1O.O=COC1CCCC1. The number of rotatable bonds is 5. The van der Waals surface area contributed by atoms with Crippen LogP contribution in [0.2, 0.25) is 0 Å². The number of phenols is 1. The van der Waals surface area contributed by atoms with Crippen LogP contribution in [0.5, 0.6) is 5.75 Å². The molecule has 33 heavy (non-hydrogen) atoms. The second-order valence-corrected chi connectivity index (χ2v) is 8.32. The minimum atomic E-state index is -4.50. The summed E-state index contributed by atoms with van der Waals surface area (Å²) in [6, 6.07) is 4.90. The summed E-state index contributed by atoms with van der Waals surface area (Å²) in [5.41, 5.74) is 0.404. The Morgan fingerprint density at radius 2 is 1.91 bits per heavy atom. The van der Waals surface area contributed by atoms with E-state index < -0.39 is 17.5 Å². The standard InChI is InChI=1S/C17H19F3N4O.C6H10O2/c1-10-7-15(22-12-3-2-6-21-9-12)23-24-16(10)13-5-4-11(8-14(13)25)17(18,19)20;7-5-8-6-3-1-2-4-6/h4-5,7-8,12,21,25H,2-3,6,9H2,1H3,(H,22,23);5-6H,1-4H2. The predicted molar refractivity (Wildman–Crippen MR) is 118 cm³/mol. The zero-order valence-electron chi connectivity index (χ0n) is 18.5. The van der Waals surface area contributed by atoms with Gasteiger partial charge in [-0.3, -0.25) is 4.79 Å². The number of aromatic hydroxyl groups is 1. The van der Waals surface area contributed by atoms with E-state index in [9.17, 15) is 23.1 Å². The van der Waals surface area contributed by atoms with E-state index in [4.69, 9.17) is 4.74 Å². The number of phenolic OH excluding ortho intramolecular Hbond substituents is 1. The molecule has 3 N–H and O–H groups in total. The monoisotopic (exact) mass is 466 g/mol. The maximum absolute atomic E-state index is 12.7. The highest BCUT2D eigenvalue weighted by Crippen LogP contribution is 2.36. The Morgan fingerprint density at radius 1 is 1.15 bits per heavy atom. The first-order valence-corrected chi connectivity index (χ1v) is 11.1. The highest BCUT2D eigenvalue weighted by molar-refractivity contribution is 5.70. The van der Waals surface area contributed by atoms with Crippen molar-refractivity contribution < 1.29 is 27.8 Å². The van der Waals surface area contributed by atoms with Crippen molar-refractivity contribution in [3.05, 3.63) is 35.4 Å². The van der Waals surface area contributed by atoms with Gasteiger partial charge in [0.2, 0.25) is 0 Å². The number of hydrogen-bond acceptors (Lipinski definition) is 7. The van der Waals surface area contributed by atoms with Crippen LogP contribution in [-0.2, 0) is 15.7 Å². The van der Waals surface area contributed by atoms with E-state index in [0.29, 0.717) is 24.1 Å². The Labute approximate surface area is 190 Å². The van der Waals surface area contributed by atoms with Gasteiger partial charge in [0.1, 0.15) is 17.7 Å². The van der Waals surface area contributed by atoms with E-state index in [1.54, 1.807) is 13.0 Å². The fourth-order valence-electron chi connectivity index (χ4n) is 4.02. The van der Waals surface area contributed by atoms with Crippen molar-refractivity contribution in [1.82, 2.24) is 15.5 Å². The van der Waals surface area contributed by atoms with Crippen molar-refractivity contribution in [2.45, 2.75) is 63.8 Å². The molecule has 2 heterocycles. The quantitative estimate of drug-likeness (QED) is 0.561. The molecular formula is C23H29F3N4O3. The molecule has 1 aliphatic carbocycles. The molecule has 4 rings (SSSR count). The predicted octanol–water partition coefficient (Wildman–Crippen LogP) is 4.44. The number of carbonyl (C=O) groups excluding carboxylic acids is 1. The number of aryl methyl sites for hydroxylation is 1. The fraction of sp³-hybridized carbons (Fsp3) is 0.522. The minimum Gasteiger partial charge on any atom is -0.507 e. The summed E-state index contributed by atoms with van der Waals surface area (Å²) >= 11 is 0. The number of carbonyl (C=O) groups is 1. The lowest BCUT2D eigenvalue weighted by Gasteiger charge is -2.24. The van der Waals surface area contributed by atoms with E-state index in [2.05, 4.69) is 20.8 Å². The summed E-state index contributed by atoms with van der Waals surface area (Å²) in [5, 5.41) is 24.8. The number of piperidine rings is 1. The lowest BCUT2D eigenvalue weighted by Crippen LogP contribution is -2.38. The number of hydrogen-bond donors (Lipinski definition) is 3. The summed E-state index contributed by atoms with van der Waals surface area (Å²) in [5.74, 6) is 0.144. The van der Waals surface area contributed by atoms with Crippen molar-refractivity contribution in [2.24, 2.45) is 0 Å². The first kappa shape index (κ1) is 24.8. The molecule has 2 aromatic rings. The van der Waals surface area contributed by atoms with Gasteiger partial charge in [-0.25, -0.2) is 0 Å². The summed E-state index contributed by atoms with van der Waals surface area (Å²) in [7, 11) is 0. The highest BCUT2D eigenvalue weighted by Gasteiger charge is 2.31. The van der Waals surface area contributed by atoms with Crippen LogP contribution in [0.15, 0.2) is 24.3 Å². The van der Waals surface area contributed by atoms with Crippen molar-refractivity contribution in [3.8, 4) is 17.0 Å². The molecule has 1 unspecified atom stereocenters. The highest BCUT2D eigenvalue weighted by atomic mass is 19.4. The molecule has 0 bridgehead atoms. The zero-order valence-corrected chi connectivity index (χ0v) is 18.5. The average molecular weight is 467 g/mol. The molecule has 2 fully saturated rings. The first-order valence-electron chi connectivity index (χ1n) is 11.1. The van der Waals surface area contributed by atoms with Gasteiger partial charge in [-0.05, 0) is 81.8 Å². The smallest absolute Gasteiger partial charge is 0.416 e. The van der Waals surface area contributed by atoms with Crippen LogP contribution in [0.25, 0.3) is 11.3 Å². The fourth-order valence-corrected chi connectivity index (χ4v) is 4.02. The number of ether oxygens (including phenoxy) is 1. The normalized spacial score (nSPS) is 18.8. The van der Waals surface area contributed by atoms with E-state index in [-0.39, 0.29) is 17.7 Å². The van der Waals surface area contributed by atoms with E-state index >= 15 is 0 Å². The number of alkyl halides is 3. The van der Waals surface area contributed by atoms with Gasteiger partial charge < -0.3 is 20.5 Å². The van der Waals surface area contributed by atoms with Crippen LogP contribution >= 0.6 is 0 Å². The minimum absolute atomic E-state index is 0.226. The lowest BCUT2D eigenvalue weighted by atomic mass is 10.0. The number of halogens is 3. The van der Waals surface area contributed by atoms with Crippen molar-refractivity contribution in [1.29, 1.82) is 0 Å². The van der Waals surface area contributed by atoms with Crippen molar-refractivity contribution >= 4 is 12.3 Å². The number of nitrogens with one attached hydrogen (secondary N) is 2. The molecule has 1 saturated carbocycles. The summed E-state index contributed by atoms with van der Waals surface area (Å²) in [6.45, 7) is 4.19. The second kappa shape index (κ2) is 11.3. The number of benzene rings is 1. The van der Waals surface area contributed by atoms with Crippen LogP contribution in [0.4, 0.5) is 19.0 Å². The van der Waals surface area contributed by atoms with Gasteiger partial charge in [0.25, 0.3) is 6.47 Å². The van der Waals surface area contributed by atoms with Gasteiger partial charge in [-0.1, -0.05) is 0 Å². The van der Waals surface area contributed by atoms with E-state index in [1.807, 2.05) is 0 Å². The van der Waals surface area contributed by atoms with Crippen LogP contribution in [0.3, 0.4) is 0 Å².